The first-order valence-corrected chi connectivity index (χ1v) is 8.88. The average molecular weight is 390 g/mol. The Balaban J connectivity index is 1.64. The Kier molecular flexibility index (Phi) is 4.70. The molecule has 0 saturated carbocycles. The van der Waals surface area contributed by atoms with Crippen LogP contribution in [0.5, 0.6) is 0 Å². The Morgan fingerprint density at radius 3 is 2.86 bits per heavy atom. The number of alkyl halides is 3. The Bertz CT molecular complexity index is 1000. The van der Waals surface area contributed by atoms with Crippen molar-refractivity contribution in [1.82, 2.24) is 24.3 Å². The SMILES string of the molecule is O=CCCC1CCN(c2ccnc(-c3cnc4cnc(C(F)(F)F)cn34)n2)C1. The summed E-state index contributed by atoms with van der Waals surface area (Å²) in [7, 11) is 0. The van der Waals surface area contributed by atoms with Crippen LogP contribution in [0.1, 0.15) is 25.0 Å². The van der Waals surface area contributed by atoms with E-state index < -0.39 is 11.9 Å². The quantitative estimate of drug-likeness (QED) is 0.624. The van der Waals surface area contributed by atoms with E-state index in [9.17, 15) is 18.0 Å². The smallest absolute Gasteiger partial charge is 0.356 e. The van der Waals surface area contributed by atoms with Crippen LogP contribution in [0.25, 0.3) is 17.2 Å². The number of rotatable bonds is 5. The molecule has 1 aliphatic rings. The molecule has 1 atom stereocenters. The number of imidazole rings is 1. The number of nitrogens with zero attached hydrogens (tertiary/aromatic N) is 6. The van der Waals surface area contributed by atoms with Crippen molar-refractivity contribution >= 4 is 17.8 Å². The molecule has 3 aromatic heterocycles. The van der Waals surface area contributed by atoms with Gasteiger partial charge >= 0.3 is 6.18 Å². The molecule has 0 aromatic carbocycles. The maximum atomic E-state index is 13.0. The molecule has 0 amide bonds. The highest BCUT2D eigenvalue weighted by molar-refractivity contribution is 5.58. The standard InChI is InChI=1S/C18H17F3N6O/c19-18(20,21)14-11-27-13(8-24-16(27)9-23-14)17-22-5-3-15(25-17)26-6-4-12(10-26)2-1-7-28/h3,5,7-9,11-12H,1-2,4,6,10H2. The fourth-order valence-electron chi connectivity index (χ4n) is 3.43. The lowest BCUT2D eigenvalue weighted by Crippen LogP contribution is -2.21. The lowest BCUT2D eigenvalue weighted by atomic mass is 10.0. The molecule has 0 aliphatic carbocycles. The van der Waals surface area contributed by atoms with Crippen molar-refractivity contribution in [3.63, 3.8) is 0 Å². The van der Waals surface area contributed by atoms with Crippen molar-refractivity contribution in [3.8, 4) is 11.5 Å². The Hall–Kier alpha value is -3.04. The first-order valence-electron chi connectivity index (χ1n) is 8.88. The summed E-state index contributed by atoms with van der Waals surface area (Å²) in [6.07, 6.45) is 3.75. The van der Waals surface area contributed by atoms with Gasteiger partial charge in [0.15, 0.2) is 17.2 Å². The van der Waals surface area contributed by atoms with Gasteiger partial charge in [0.25, 0.3) is 0 Å². The van der Waals surface area contributed by atoms with Gasteiger partial charge in [0, 0.05) is 31.9 Å². The van der Waals surface area contributed by atoms with Crippen molar-refractivity contribution in [3.05, 3.63) is 36.5 Å². The highest BCUT2D eigenvalue weighted by Gasteiger charge is 2.33. The van der Waals surface area contributed by atoms with E-state index in [1.807, 2.05) is 0 Å². The molecule has 10 heteroatoms. The molecule has 0 spiro atoms. The molecular weight excluding hydrogens is 373 g/mol. The summed E-state index contributed by atoms with van der Waals surface area (Å²) in [5.74, 6) is 1.43. The van der Waals surface area contributed by atoms with E-state index in [1.165, 1.54) is 10.6 Å². The van der Waals surface area contributed by atoms with Gasteiger partial charge in [-0.3, -0.25) is 4.40 Å². The van der Waals surface area contributed by atoms with Crippen molar-refractivity contribution < 1.29 is 18.0 Å². The number of hydrogen-bond acceptors (Lipinski definition) is 6. The van der Waals surface area contributed by atoms with Crippen LogP contribution in [0.2, 0.25) is 0 Å². The fraction of sp³-hybridized carbons (Fsp3) is 0.389. The number of hydrogen-bond donors (Lipinski definition) is 0. The lowest BCUT2D eigenvalue weighted by Gasteiger charge is -2.17. The van der Waals surface area contributed by atoms with Gasteiger partial charge in [-0.2, -0.15) is 13.2 Å². The predicted octanol–water partition coefficient (Wildman–Crippen LogP) is 3.01. The number of carbonyl (C=O) groups is 1. The maximum Gasteiger partial charge on any atom is 0.434 e. The number of aldehydes is 1. The number of halogens is 3. The number of fused-ring (bicyclic) bond motifs is 1. The molecule has 4 rings (SSSR count). The van der Waals surface area contributed by atoms with Crippen LogP contribution in [0.15, 0.2) is 30.9 Å². The van der Waals surface area contributed by atoms with E-state index in [1.54, 1.807) is 12.3 Å². The topological polar surface area (TPSA) is 76.3 Å². The third-order valence-corrected chi connectivity index (χ3v) is 4.86. The zero-order chi connectivity index (χ0) is 19.7. The summed E-state index contributed by atoms with van der Waals surface area (Å²) in [5, 5.41) is 0. The summed E-state index contributed by atoms with van der Waals surface area (Å²) in [6, 6.07) is 1.78. The summed E-state index contributed by atoms with van der Waals surface area (Å²) < 4.78 is 40.3. The normalized spacial score (nSPS) is 17.4. The lowest BCUT2D eigenvalue weighted by molar-refractivity contribution is -0.141. The van der Waals surface area contributed by atoms with Gasteiger partial charge in [0.05, 0.1) is 12.4 Å². The number of anilines is 1. The van der Waals surface area contributed by atoms with Gasteiger partial charge in [0.2, 0.25) is 0 Å². The highest BCUT2D eigenvalue weighted by Crippen LogP contribution is 2.29. The van der Waals surface area contributed by atoms with E-state index >= 15 is 0 Å². The second-order valence-electron chi connectivity index (χ2n) is 6.73. The van der Waals surface area contributed by atoms with Crippen molar-refractivity contribution in [2.45, 2.75) is 25.4 Å². The van der Waals surface area contributed by atoms with E-state index in [2.05, 4.69) is 24.8 Å². The van der Waals surface area contributed by atoms with Gasteiger partial charge in [-0.1, -0.05) is 0 Å². The number of carbonyl (C=O) groups excluding carboxylic acids is 1. The molecular formula is C18H17F3N6O. The summed E-state index contributed by atoms with van der Waals surface area (Å²) in [4.78, 5) is 28.9. The van der Waals surface area contributed by atoms with Gasteiger partial charge in [-0.05, 0) is 24.8 Å². The average Bonchev–Trinajstić information content (AvgIpc) is 3.32. The zero-order valence-electron chi connectivity index (χ0n) is 14.8. The maximum absolute atomic E-state index is 13.0. The van der Waals surface area contributed by atoms with E-state index in [4.69, 9.17) is 0 Å². The monoisotopic (exact) mass is 390 g/mol. The molecule has 1 saturated heterocycles. The van der Waals surface area contributed by atoms with Crippen LogP contribution in [-0.2, 0) is 11.0 Å². The van der Waals surface area contributed by atoms with E-state index in [0.29, 0.717) is 29.7 Å². The van der Waals surface area contributed by atoms with E-state index in [-0.39, 0.29) is 5.65 Å². The number of aromatic nitrogens is 5. The minimum atomic E-state index is -4.55. The minimum Gasteiger partial charge on any atom is -0.356 e. The molecule has 1 fully saturated rings. The summed E-state index contributed by atoms with van der Waals surface area (Å²) in [5.41, 5.74) is -0.360. The molecule has 28 heavy (non-hydrogen) atoms. The Labute approximate surface area is 158 Å². The summed E-state index contributed by atoms with van der Waals surface area (Å²) in [6.45, 7) is 1.61. The van der Waals surface area contributed by atoms with Crippen molar-refractivity contribution in [2.24, 2.45) is 5.92 Å². The van der Waals surface area contributed by atoms with Crippen molar-refractivity contribution in [2.75, 3.05) is 18.0 Å². The molecule has 4 heterocycles. The van der Waals surface area contributed by atoms with Crippen molar-refractivity contribution in [1.29, 1.82) is 0 Å². The van der Waals surface area contributed by atoms with E-state index in [0.717, 1.165) is 44.6 Å². The first-order chi connectivity index (χ1) is 13.5. The molecule has 3 aromatic rings. The minimum absolute atomic E-state index is 0.284. The van der Waals surface area contributed by atoms with Crippen LogP contribution in [-0.4, -0.2) is 43.7 Å². The third kappa shape index (κ3) is 3.54. The molecule has 146 valence electrons. The second-order valence-corrected chi connectivity index (χ2v) is 6.73. The molecule has 1 unspecified atom stereocenters. The molecule has 1 aliphatic heterocycles. The van der Waals surface area contributed by atoms with Gasteiger partial charge in [-0.15, -0.1) is 0 Å². The van der Waals surface area contributed by atoms with Crippen LogP contribution in [0, 0.1) is 5.92 Å². The fourth-order valence-corrected chi connectivity index (χ4v) is 3.43. The molecule has 0 bridgehead atoms. The Morgan fingerprint density at radius 1 is 1.21 bits per heavy atom. The summed E-state index contributed by atoms with van der Waals surface area (Å²) >= 11 is 0. The Morgan fingerprint density at radius 2 is 2.07 bits per heavy atom. The highest BCUT2D eigenvalue weighted by atomic mass is 19.4. The van der Waals surface area contributed by atoms with Gasteiger partial charge in [0.1, 0.15) is 17.8 Å². The first kappa shape index (κ1) is 18.3. The third-order valence-electron chi connectivity index (χ3n) is 4.86. The molecule has 0 radical (unpaired) electrons. The largest absolute Gasteiger partial charge is 0.434 e. The second kappa shape index (κ2) is 7.17. The molecule has 0 N–H and O–H groups in total. The van der Waals surface area contributed by atoms with Crippen LogP contribution in [0.4, 0.5) is 19.0 Å². The molecule has 7 nitrogen and oxygen atoms in total. The van der Waals surface area contributed by atoms with Gasteiger partial charge in [-0.25, -0.2) is 19.9 Å². The predicted molar refractivity (Wildman–Crippen MR) is 94.6 cm³/mol. The van der Waals surface area contributed by atoms with Crippen LogP contribution >= 0.6 is 0 Å². The van der Waals surface area contributed by atoms with Gasteiger partial charge < -0.3 is 9.69 Å². The van der Waals surface area contributed by atoms with Crippen LogP contribution in [0.3, 0.4) is 0 Å². The van der Waals surface area contributed by atoms with Crippen LogP contribution < -0.4 is 4.90 Å². The zero-order valence-corrected chi connectivity index (χ0v) is 14.8.